The van der Waals surface area contributed by atoms with E-state index in [1.54, 1.807) is 0 Å². The van der Waals surface area contributed by atoms with Crippen molar-refractivity contribution in [2.45, 2.75) is 232 Å². The highest BCUT2D eigenvalue weighted by molar-refractivity contribution is 5.80. The van der Waals surface area contributed by atoms with Crippen molar-refractivity contribution in [1.29, 1.82) is 0 Å². The highest BCUT2D eigenvalue weighted by Crippen LogP contribution is 2.18. The van der Waals surface area contributed by atoms with Gasteiger partial charge in [-0.3, -0.25) is 14.4 Å². The van der Waals surface area contributed by atoms with Gasteiger partial charge < -0.3 is 15.2 Å². The summed E-state index contributed by atoms with van der Waals surface area (Å²) in [7, 11) is 0. The van der Waals surface area contributed by atoms with Gasteiger partial charge in [0.25, 0.3) is 0 Å². The lowest BCUT2D eigenvalue weighted by atomic mass is 10.0. The number of allylic oxidation sites excluding steroid dienone is 6. The van der Waals surface area contributed by atoms with Gasteiger partial charge in [-0.2, -0.15) is 0 Å². The molecule has 1 atom stereocenters. The summed E-state index contributed by atoms with van der Waals surface area (Å²) < 4.78 is 6.02. The minimum absolute atomic E-state index is 0.00808. The summed E-state index contributed by atoms with van der Waals surface area (Å²) in [4.78, 5) is 35.0. The molecular weight excluding hydrogens is 647 g/mol. The van der Waals surface area contributed by atoms with E-state index in [-0.39, 0.29) is 24.5 Å². The van der Waals surface area contributed by atoms with Crippen LogP contribution in [0.3, 0.4) is 0 Å². The largest absolute Gasteiger partial charge is 0.480 e. The fourth-order valence-electron chi connectivity index (χ4n) is 6.49. The van der Waals surface area contributed by atoms with Gasteiger partial charge in [0.15, 0.2) is 0 Å². The number of carboxylic acid groups (broad SMARTS) is 1. The molecule has 0 saturated carbocycles. The SMILES string of the molecule is CCCCC/C=C\C/C=C\CCCCCCCCCC(=O)OC(CCC/C=C\CCCCCCCCCC)CCCCCCCC(=O)NCC(=O)O. The van der Waals surface area contributed by atoms with Crippen LogP contribution in [0.2, 0.25) is 0 Å². The molecule has 0 aliphatic carbocycles. The van der Waals surface area contributed by atoms with E-state index in [9.17, 15) is 14.4 Å². The van der Waals surface area contributed by atoms with E-state index in [0.717, 1.165) is 77.0 Å². The number of unbranched alkanes of at least 4 members (excludes halogenated alkanes) is 23. The van der Waals surface area contributed by atoms with Crippen molar-refractivity contribution < 1.29 is 24.2 Å². The number of carbonyl (C=O) groups excluding carboxylic acids is 2. The third-order valence-corrected chi connectivity index (χ3v) is 9.78. The van der Waals surface area contributed by atoms with Gasteiger partial charge in [0.1, 0.15) is 12.6 Å². The molecule has 0 bridgehead atoms. The number of esters is 1. The van der Waals surface area contributed by atoms with Crippen LogP contribution in [-0.2, 0) is 19.1 Å². The molecule has 0 radical (unpaired) electrons. The maximum absolute atomic E-state index is 12.8. The Bertz CT molecular complexity index is 895. The summed E-state index contributed by atoms with van der Waals surface area (Å²) in [5.41, 5.74) is 0. The monoisotopic (exact) mass is 730 g/mol. The molecular formula is C46H83NO5. The first-order valence-electron chi connectivity index (χ1n) is 22.1. The first-order chi connectivity index (χ1) is 25.5. The third kappa shape index (κ3) is 40.4. The Labute approximate surface area is 321 Å². The van der Waals surface area contributed by atoms with E-state index < -0.39 is 5.97 Å². The summed E-state index contributed by atoms with van der Waals surface area (Å²) >= 11 is 0. The van der Waals surface area contributed by atoms with Gasteiger partial charge in [-0.1, -0.05) is 159 Å². The molecule has 0 spiro atoms. The van der Waals surface area contributed by atoms with Crippen LogP contribution in [0.5, 0.6) is 0 Å². The molecule has 0 aliphatic rings. The summed E-state index contributed by atoms with van der Waals surface area (Å²) in [6.45, 7) is 4.20. The second-order valence-electron chi connectivity index (χ2n) is 14.9. The molecule has 0 rings (SSSR count). The van der Waals surface area contributed by atoms with E-state index in [1.165, 1.54) is 122 Å². The molecule has 2 N–H and O–H groups in total. The molecule has 52 heavy (non-hydrogen) atoms. The normalized spacial score (nSPS) is 12.3. The molecule has 0 aliphatic heterocycles. The third-order valence-electron chi connectivity index (χ3n) is 9.78. The Morgan fingerprint density at radius 2 is 0.904 bits per heavy atom. The average molecular weight is 730 g/mol. The molecule has 1 unspecified atom stereocenters. The quantitative estimate of drug-likeness (QED) is 0.0372. The van der Waals surface area contributed by atoms with Gasteiger partial charge in [0, 0.05) is 12.8 Å². The summed E-state index contributed by atoms with van der Waals surface area (Å²) in [6, 6.07) is 0. The number of hydrogen-bond acceptors (Lipinski definition) is 4. The van der Waals surface area contributed by atoms with E-state index in [1.807, 2.05) is 0 Å². The van der Waals surface area contributed by atoms with Crippen molar-refractivity contribution in [3.8, 4) is 0 Å². The second-order valence-corrected chi connectivity index (χ2v) is 14.9. The summed E-state index contributed by atoms with van der Waals surface area (Å²) in [5, 5.41) is 11.1. The van der Waals surface area contributed by atoms with Crippen molar-refractivity contribution in [1.82, 2.24) is 5.32 Å². The molecule has 0 aromatic heterocycles. The topological polar surface area (TPSA) is 92.7 Å². The molecule has 0 fully saturated rings. The number of carboxylic acids is 1. The zero-order chi connectivity index (χ0) is 38.0. The number of ether oxygens (including phenoxy) is 1. The lowest BCUT2D eigenvalue weighted by Gasteiger charge is -2.18. The van der Waals surface area contributed by atoms with Crippen LogP contribution in [0.25, 0.3) is 0 Å². The van der Waals surface area contributed by atoms with E-state index in [2.05, 4.69) is 55.6 Å². The van der Waals surface area contributed by atoms with Crippen molar-refractivity contribution in [3.63, 3.8) is 0 Å². The average Bonchev–Trinajstić information content (AvgIpc) is 3.13. The van der Waals surface area contributed by atoms with Crippen LogP contribution >= 0.6 is 0 Å². The molecule has 0 aromatic rings. The lowest BCUT2D eigenvalue weighted by molar-refractivity contribution is -0.150. The van der Waals surface area contributed by atoms with Crippen LogP contribution in [0, 0.1) is 0 Å². The fourth-order valence-corrected chi connectivity index (χ4v) is 6.49. The molecule has 6 heteroatoms. The first kappa shape index (κ1) is 49.6. The number of aliphatic carboxylic acids is 1. The molecule has 1 amide bonds. The Morgan fingerprint density at radius 1 is 0.500 bits per heavy atom. The van der Waals surface area contributed by atoms with E-state index in [0.29, 0.717) is 12.8 Å². The van der Waals surface area contributed by atoms with Gasteiger partial charge in [0.05, 0.1) is 0 Å². The molecule has 0 saturated heterocycles. The standard InChI is InChI=1S/C46H83NO5/c1-3-5-7-9-11-13-15-17-18-19-20-22-24-26-28-33-37-41-46(51)52-43(39-35-31-29-32-36-40-44(48)47-42-45(49)50)38-34-30-27-25-23-21-16-14-12-10-8-6-4-2/h11,13,17-18,25,27,43H,3-10,12,14-16,19-24,26,28-42H2,1-2H3,(H,47,48)(H,49,50)/b13-11-,18-17-,27-25-. The minimum Gasteiger partial charge on any atom is -0.480 e. The van der Waals surface area contributed by atoms with Crippen LogP contribution in [0.4, 0.5) is 0 Å². The summed E-state index contributed by atoms with van der Waals surface area (Å²) in [6.07, 6.45) is 51.2. The van der Waals surface area contributed by atoms with Gasteiger partial charge in [-0.15, -0.1) is 0 Å². The van der Waals surface area contributed by atoms with Crippen molar-refractivity contribution in [2.75, 3.05) is 6.54 Å². The number of amides is 1. The lowest BCUT2D eigenvalue weighted by Crippen LogP contribution is -2.28. The smallest absolute Gasteiger partial charge is 0.322 e. The first-order valence-corrected chi connectivity index (χ1v) is 22.1. The minimum atomic E-state index is -1.02. The Balaban J connectivity index is 4.20. The fraction of sp³-hybridized carbons (Fsp3) is 0.804. The maximum atomic E-state index is 12.8. The maximum Gasteiger partial charge on any atom is 0.322 e. The van der Waals surface area contributed by atoms with Gasteiger partial charge in [-0.25, -0.2) is 0 Å². The number of rotatable bonds is 40. The highest BCUT2D eigenvalue weighted by Gasteiger charge is 2.14. The van der Waals surface area contributed by atoms with E-state index in [4.69, 9.17) is 9.84 Å². The Kier molecular flexibility index (Phi) is 39.5. The van der Waals surface area contributed by atoms with Gasteiger partial charge in [-0.05, 0) is 89.9 Å². The van der Waals surface area contributed by atoms with Gasteiger partial charge in [0.2, 0.25) is 5.91 Å². The Hall–Kier alpha value is -2.37. The summed E-state index contributed by atoms with van der Waals surface area (Å²) in [5.74, 6) is -1.25. The predicted octanol–water partition coefficient (Wildman–Crippen LogP) is 13.7. The van der Waals surface area contributed by atoms with Crippen molar-refractivity contribution in [3.05, 3.63) is 36.5 Å². The van der Waals surface area contributed by atoms with E-state index >= 15 is 0 Å². The highest BCUT2D eigenvalue weighted by atomic mass is 16.5. The van der Waals surface area contributed by atoms with Crippen LogP contribution < -0.4 is 5.32 Å². The van der Waals surface area contributed by atoms with Crippen molar-refractivity contribution in [2.24, 2.45) is 0 Å². The number of hydrogen-bond donors (Lipinski definition) is 2. The number of nitrogens with one attached hydrogen (secondary N) is 1. The van der Waals surface area contributed by atoms with Crippen LogP contribution in [0.15, 0.2) is 36.5 Å². The zero-order valence-corrected chi connectivity index (χ0v) is 34.2. The van der Waals surface area contributed by atoms with Crippen LogP contribution in [-0.4, -0.2) is 35.6 Å². The molecule has 6 nitrogen and oxygen atoms in total. The molecule has 0 aromatic carbocycles. The predicted molar refractivity (Wildman–Crippen MR) is 222 cm³/mol. The van der Waals surface area contributed by atoms with Gasteiger partial charge >= 0.3 is 11.9 Å². The van der Waals surface area contributed by atoms with Crippen LogP contribution in [0.1, 0.15) is 226 Å². The number of carbonyl (C=O) groups is 3. The second kappa shape index (κ2) is 41.4. The van der Waals surface area contributed by atoms with Crippen molar-refractivity contribution >= 4 is 17.8 Å². The Morgan fingerprint density at radius 3 is 1.46 bits per heavy atom. The molecule has 0 heterocycles. The zero-order valence-electron chi connectivity index (χ0n) is 34.2. The molecule has 302 valence electrons.